The summed E-state index contributed by atoms with van der Waals surface area (Å²) < 4.78 is 15.2. The number of hydrogen-bond acceptors (Lipinski definition) is 6. The summed E-state index contributed by atoms with van der Waals surface area (Å²) in [6.45, 7) is 0. The minimum absolute atomic E-state index is 0.0137. The Labute approximate surface area is 230 Å². The molecule has 3 aliphatic carbocycles. The first-order valence-electron chi connectivity index (χ1n) is 13.1. The van der Waals surface area contributed by atoms with E-state index in [1.54, 1.807) is 31.2 Å². The van der Waals surface area contributed by atoms with Crippen molar-refractivity contribution >= 4 is 23.2 Å². The Morgan fingerprint density at radius 2 is 1.90 bits per heavy atom. The van der Waals surface area contributed by atoms with Crippen LogP contribution in [-0.4, -0.2) is 46.3 Å². The van der Waals surface area contributed by atoms with E-state index in [9.17, 15) is 19.4 Å². The number of aliphatic hydroxyl groups is 2. The molecular weight excluding hydrogens is 523 g/mol. The Kier molecular flexibility index (Phi) is 6.29. The zero-order valence-electron chi connectivity index (χ0n) is 21.7. The van der Waals surface area contributed by atoms with Gasteiger partial charge in [0.15, 0.2) is 0 Å². The highest BCUT2D eigenvalue weighted by Crippen LogP contribution is 2.54. The number of halogens is 2. The molecule has 9 nitrogen and oxygen atoms in total. The molecule has 2 heterocycles. The van der Waals surface area contributed by atoms with E-state index in [4.69, 9.17) is 11.6 Å². The van der Waals surface area contributed by atoms with E-state index in [2.05, 4.69) is 32.3 Å². The summed E-state index contributed by atoms with van der Waals surface area (Å²) in [7, 11) is 3.49. The van der Waals surface area contributed by atoms with Gasteiger partial charge in [-0.2, -0.15) is 15.0 Å². The first-order valence-corrected chi connectivity index (χ1v) is 13.5. The molecule has 3 aliphatic rings. The number of carbonyl (C=O) groups is 1. The number of aromatic nitrogens is 5. The summed E-state index contributed by atoms with van der Waals surface area (Å²) in [6.07, 6.45) is 7.01. The quantitative estimate of drug-likeness (QED) is 0.426. The molecule has 1 amide bonds. The van der Waals surface area contributed by atoms with Crippen molar-refractivity contribution in [1.82, 2.24) is 24.5 Å². The molecule has 39 heavy (non-hydrogen) atoms. The molecule has 11 heteroatoms. The Morgan fingerprint density at radius 1 is 1.18 bits per heavy atom. The molecule has 0 saturated heterocycles. The van der Waals surface area contributed by atoms with Crippen molar-refractivity contribution in [3.05, 3.63) is 58.6 Å². The van der Waals surface area contributed by atoms with Crippen molar-refractivity contribution in [3.63, 3.8) is 0 Å². The van der Waals surface area contributed by atoms with E-state index in [1.807, 2.05) is 0 Å². The van der Waals surface area contributed by atoms with Crippen LogP contribution in [0.1, 0.15) is 66.3 Å². The average Bonchev–Trinajstić information content (AvgIpc) is 3.61. The second-order valence-electron chi connectivity index (χ2n) is 11.4. The molecule has 2 atom stereocenters. The van der Waals surface area contributed by atoms with Crippen molar-refractivity contribution in [2.45, 2.75) is 55.6 Å². The van der Waals surface area contributed by atoms with Gasteiger partial charge in [0.05, 0.1) is 23.2 Å². The van der Waals surface area contributed by atoms with E-state index >= 15 is 0 Å². The van der Waals surface area contributed by atoms with Gasteiger partial charge in [-0.05, 0) is 68.6 Å². The van der Waals surface area contributed by atoms with Gasteiger partial charge < -0.3 is 20.1 Å². The normalized spacial score (nSPS) is 31.3. The molecule has 2 aromatic heterocycles. The minimum atomic E-state index is -1.03. The highest BCUT2D eigenvalue weighted by Gasteiger charge is 2.50. The van der Waals surface area contributed by atoms with E-state index in [0.29, 0.717) is 54.6 Å². The summed E-state index contributed by atoms with van der Waals surface area (Å²) in [6, 6.07) is 4.07. The molecule has 3 aromatic rings. The van der Waals surface area contributed by atoms with Gasteiger partial charge in [0, 0.05) is 31.6 Å². The lowest BCUT2D eigenvalue weighted by Crippen LogP contribution is -2.41. The van der Waals surface area contributed by atoms with Gasteiger partial charge in [0.2, 0.25) is 0 Å². The van der Waals surface area contributed by atoms with Crippen LogP contribution in [0, 0.1) is 35.4 Å². The maximum absolute atomic E-state index is 13.5. The number of rotatable bonds is 4. The monoisotopic (exact) mass is 552 g/mol. The average molecular weight is 553 g/mol. The predicted molar refractivity (Wildman–Crippen MR) is 141 cm³/mol. The molecular formula is C28H30ClFN6O3. The Bertz CT molecular complexity index is 1490. The topological polar surface area (TPSA) is 118 Å². The maximum atomic E-state index is 13.5. The van der Waals surface area contributed by atoms with Crippen LogP contribution in [0.5, 0.6) is 0 Å². The zero-order chi connectivity index (χ0) is 27.5. The number of nitrogens with zero attached hydrogens (tertiary/aromatic N) is 5. The molecule has 0 spiro atoms. The first kappa shape index (κ1) is 26.0. The fraction of sp³-hybridized carbons (Fsp3) is 0.500. The van der Waals surface area contributed by atoms with Gasteiger partial charge in [0.25, 0.3) is 5.91 Å². The summed E-state index contributed by atoms with van der Waals surface area (Å²) >= 11 is 5.87. The third kappa shape index (κ3) is 4.84. The molecule has 6 rings (SSSR count). The van der Waals surface area contributed by atoms with Crippen LogP contribution in [-0.2, 0) is 19.7 Å². The van der Waals surface area contributed by atoms with Gasteiger partial charge in [-0.15, -0.1) is 0 Å². The Balaban J connectivity index is 1.08. The second-order valence-corrected chi connectivity index (χ2v) is 11.8. The lowest BCUT2D eigenvalue weighted by molar-refractivity contribution is -0.0664. The first-order chi connectivity index (χ1) is 18.5. The van der Waals surface area contributed by atoms with Crippen molar-refractivity contribution in [3.8, 4) is 11.8 Å². The largest absolute Gasteiger partial charge is 0.383 e. The summed E-state index contributed by atoms with van der Waals surface area (Å²) in [4.78, 5) is 19.1. The van der Waals surface area contributed by atoms with E-state index in [1.165, 1.54) is 23.0 Å². The van der Waals surface area contributed by atoms with Crippen LogP contribution in [0.15, 0.2) is 30.7 Å². The lowest BCUT2D eigenvalue weighted by Gasteiger charge is -2.39. The molecule has 204 valence electrons. The van der Waals surface area contributed by atoms with Crippen molar-refractivity contribution in [1.29, 1.82) is 0 Å². The van der Waals surface area contributed by atoms with E-state index in [0.717, 1.165) is 18.5 Å². The summed E-state index contributed by atoms with van der Waals surface area (Å²) in [5.41, 5.74) is 0.151. The number of aryl methyl sites for hydroxylation is 2. The van der Waals surface area contributed by atoms with Gasteiger partial charge in [-0.1, -0.05) is 23.4 Å². The lowest BCUT2D eigenvalue weighted by atomic mass is 9.69. The fourth-order valence-corrected chi connectivity index (χ4v) is 6.82. The van der Waals surface area contributed by atoms with E-state index < -0.39 is 17.0 Å². The number of anilines is 1. The van der Waals surface area contributed by atoms with Gasteiger partial charge in [-0.3, -0.25) is 4.79 Å². The number of hydrogen-bond donors (Lipinski definition) is 3. The maximum Gasteiger partial charge on any atom is 0.274 e. The van der Waals surface area contributed by atoms with Crippen molar-refractivity contribution in [2.24, 2.45) is 31.8 Å². The number of imidazole rings is 1. The SMILES string of the molecule is Cn1ncc(C2(O)CC(C#CC3(O)CC4CC(c5ncn(C)c5C(=O)Nc5ccc(F)c(Cl)c5)CC4C3)C2)n1. The van der Waals surface area contributed by atoms with Gasteiger partial charge in [0.1, 0.15) is 28.4 Å². The Hall–Kier alpha value is -3.26. The van der Waals surface area contributed by atoms with Crippen molar-refractivity contribution < 1.29 is 19.4 Å². The van der Waals surface area contributed by atoms with Crippen LogP contribution in [0.4, 0.5) is 10.1 Å². The van der Waals surface area contributed by atoms with Crippen LogP contribution >= 0.6 is 11.6 Å². The third-order valence-corrected chi connectivity index (χ3v) is 8.83. The molecule has 2 unspecified atom stereocenters. The highest BCUT2D eigenvalue weighted by molar-refractivity contribution is 6.31. The van der Waals surface area contributed by atoms with Gasteiger partial charge in [-0.25, -0.2) is 9.37 Å². The molecule has 0 aliphatic heterocycles. The molecule has 3 fully saturated rings. The third-order valence-electron chi connectivity index (χ3n) is 8.54. The van der Waals surface area contributed by atoms with Crippen LogP contribution < -0.4 is 5.32 Å². The fourth-order valence-electron chi connectivity index (χ4n) is 6.64. The summed E-state index contributed by atoms with van der Waals surface area (Å²) in [5, 5.41) is 33.0. The number of amides is 1. The second kappa shape index (κ2) is 9.44. The van der Waals surface area contributed by atoms with Crippen LogP contribution in [0.3, 0.4) is 0 Å². The van der Waals surface area contributed by atoms with E-state index in [-0.39, 0.29) is 22.8 Å². The molecule has 1 aromatic carbocycles. The molecule has 0 bridgehead atoms. The number of nitrogens with one attached hydrogen (secondary N) is 1. The van der Waals surface area contributed by atoms with Gasteiger partial charge >= 0.3 is 0 Å². The number of benzene rings is 1. The van der Waals surface area contributed by atoms with Crippen LogP contribution in [0.25, 0.3) is 0 Å². The summed E-state index contributed by atoms with van der Waals surface area (Å²) in [5.74, 6) is 6.17. The zero-order valence-corrected chi connectivity index (χ0v) is 22.5. The smallest absolute Gasteiger partial charge is 0.274 e. The Morgan fingerprint density at radius 3 is 2.54 bits per heavy atom. The molecule has 3 N–H and O–H groups in total. The molecule has 0 radical (unpaired) electrons. The molecule has 3 saturated carbocycles. The number of fused-ring (bicyclic) bond motifs is 1. The van der Waals surface area contributed by atoms with Crippen LogP contribution in [0.2, 0.25) is 5.02 Å². The minimum Gasteiger partial charge on any atom is -0.383 e. The van der Waals surface area contributed by atoms with Crippen molar-refractivity contribution in [2.75, 3.05) is 5.32 Å². The highest BCUT2D eigenvalue weighted by atomic mass is 35.5. The standard InChI is InChI=1S/C28H30ClFN6O3/c1-35-15-31-24(25(35)26(37)33-20-3-4-22(30)21(29)9-20)17-7-18-12-27(38,13-19(18)8-17)6-5-16-10-28(39,11-16)23-14-32-36(2)34-23/h3-4,9,14-19,38-39H,7-8,10-13H2,1-2H3,(H,33,37). The number of carbonyl (C=O) groups excluding carboxylic acids is 1. The predicted octanol–water partition coefficient (Wildman–Crippen LogP) is 3.53.